The molecule has 1 aliphatic heterocycles. The molecule has 6 nitrogen and oxygen atoms in total. The van der Waals surface area contributed by atoms with Gasteiger partial charge in [-0.1, -0.05) is 11.8 Å². The molecule has 0 aliphatic carbocycles. The van der Waals surface area contributed by atoms with E-state index in [-0.39, 0.29) is 11.7 Å². The molecule has 2 heterocycles. The van der Waals surface area contributed by atoms with Crippen LogP contribution in [0.1, 0.15) is 40.7 Å². The molecular formula is C22H28N4O2S. The van der Waals surface area contributed by atoms with Crippen molar-refractivity contribution in [1.29, 1.82) is 0 Å². The van der Waals surface area contributed by atoms with Crippen LogP contribution in [-0.4, -0.2) is 59.0 Å². The van der Waals surface area contributed by atoms with Crippen LogP contribution in [0.4, 0.5) is 5.69 Å². The predicted octanol–water partition coefficient (Wildman–Crippen LogP) is 3.30. The predicted molar refractivity (Wildman–Crippen MR) is 117 cm³/mol. The highest BCUT2D eigenvalue weighted by molar-refractivity contribution is 7.98. The van der Waals surface area contributed by atoms with Crippen molar-refractivity contribution in [2.24, 2.45) is 0 Å². The average molecular weight is 413 g/mol. The summed E-state index contributed by atoms with van der Waals surface area (Å²) in [7, 11) is 0. The number of amides is 1. The minimum atomic E-state index is 0.0749. The van der Waals surface area contributed by atoms with Gasteiger partial charge < -0.3 is 9.80 Å². The quantitative estimate of drug-likeness (QED) is 0.412. The summed E-state index contributed by atoms with van der Waals surface area (Å²) in [5.41, 5.74) is 4.84. The third kappa shape index (κ3) is 5.15. The Morgan fingerprint density at radius 1 is 1.00 bits per heavy atom. The molecule has 2 aromatic rings. The Labute approximate surface area is 176 Å². The second-order valence-corrected chi connectivity index (χ2v) is 8.10. The number of carbonyl (C=O) groups excluding carboxylic acids is 2. The third-order valence-electron chi connectivity index (χ3n) is 5.44. The topological polar surface area (TPSA) is 66.4 Å². The van der Waals surface area contributed by atoms with Gasteiger partial charge >= 0.3 is 0 Å². The number of ketones is 1. The molecule has 0 atom stereocenters. The van der Waals surface area contributed by atoms with Crippen molar-refractivity contribution in [3.63, 3.8) is 0 Å². The number of thioether (sulfide) groups is 1. The fraction of sp³-hybridized carbons (Fsp3) is 0.455. The van der Waals surface area contributed by atoms with Crippen molar-refractivity contribution in [1.82, 2.24) is 14.9 Å². The number of hydrogen-bond donors (Lipinski definition) is 0. The van der Waals surface area contributed by atoms with Crippen molar-refractivity contribution >= 4 is 29.1 Å². The number of nitrogens with zero attached hydrogens (tertiary/aromatic N) is 4. The van der Waals surface area contributed by atoms with Gasteiger partial charge in [-0.2, -0.15) is 0 Å². The Morgan fingerprint density at radius 2 is 1.59 bits per heavy atom. The molecule has 1 aromatic heterocycles. The summed E-state index contributed by atoms with van der Waals surface area (Å²) in [4.78, 5) is 37.3. The summed E-state index contributed by atoms with van der Waals surface area (Å²) in [6.45, 7) is 8.59. The number of Topliss-reactive ketones (excluding diaryl/α,β-unsaturated/α-hetero) is 1. The van der Waals surface area contributed by atoms with Gasteiger partial charge in [0.05, 0.1) is 0 Å². The van der Waals surface area contributed by atoms with Crippen LogP contribution < -0.4 is 4.90 Å². The fourth-order valence-electron chi connectivity index (χ4n) is 3.67. The Kier molecular flexibility index (Phi) is 6.90. The molecule has 154 valence electrons. The van der Waals surface area contributed by atoms with Crippen LogP contribution in [0.5, 0.6) is 0 Å². The van der Waals surface area contributed by atoms with Gasteiger partial charge in [-0.05, 0) is 63.3 Å². The lowest BCUT2D eigenvalue weighted by atomic mass is 10.1. The van der Waals surface area contributed by atoms with Gasteiger partial charge in [0.25, 0.3) is 0 Å². The van der Waals surface area contributed by atoms with E-state index in [0.717, 1.165) is 46.4 Å². The summed E-state index contributed by atoms with van der Waals surface area (Å²) in [5.74, 6) is 0.259. The minimum absolute atomic E-state index is 0.0749. The molecule has 3 rings (SSSR count). The highest BCUT2D eigenvalue weighted by Gasteiger charge is 2.22. The molecule has 0 spiro atoms. The van der Waals surface area contributed by atoms with Gasteiger partial charge in [0.1, 0.15) is 0 Å². The lowest BCUT2D eigenvalue weighted by molar-refractivity contribution is -0.131. The van der Waals surface area contributed by atoms with E-state index in [1.165, 1.54) is 11.8 Å². The number of aromatic nitrogens is 2. The molecule has 0 N–H and O–H groups in total. The van der Waals surface area contributed by atoms with E-state index in [2.05, 4.69) is 14.9 Å². The zero-order valence-electron chi connectivity index (χ0n) is 17.6. The maximum atomic E-state index is 12.7. The van der Waals surface area contributed by atoms with Crippen LogP contribution in [0.2, 0.25) is 0 Å². The van der Waals surface area contributed by atoms with Crippen molar-refractivity contribution < 1.29 is 9.59 Å². The normalized spacial score (nSPS) is 14.2. The second-order valence-electron chi connectivity index (χ2n) is 7.33. The summed E-state index contributed by atoms with van der Waals surface area (Å²) in [6, 6.07) is 7.70. The van der Waals surface area contributed by atoms with Gasteiger partial charge in [0.15, 0.2) is 10.9 Å². The zero-order valence-corrected chi connectivity index (χ0v) is 18.4. The molecule has 1 saturated heterocycles. The first-order chi connectivity index (χ1) is 13.9. The fourth-order valence-corrected chi connectivity index (χ4v) is 4.13. The van der Waals surface area contributed by atoms with Crippen LogP contribution in [-0.2, 0) is 11.2 Å². The minimum Gasteiger partial charge on any atom is -0.368 e. The molecule has 0 radical (unpaired) electrons. The van der Waals surface area contributed by atoms with Gasteiger partial charge in [-0.25, -0.2) is 9.97 Å². The SMILES string of the molecule is CSc1nc(C)c(CCC(=O)N2CCN(c3ccc(C(C)=O)cc3)CC2)c(C)n1. The van der Waals surface area contributed by atoms with Gasteiger partial charge in [0.2, 0.25) is 5.91 Å². The first kappa shape index (κ1) is 21.3. The van der Waals surface area contributed by atoms with Crippen LogP contribution in [0, 0.1) is 13.8 Å². The smallest absolute Gasteiger partial charge is 0.223 e. The molecule has 0 unspecified atom stereocenters. The molecule has 29 heavy (non-hydrogen) atoms. The van der Waals surface area contributed by atoms with Crippen molar-refractivity contribution in [3.05, 3.63) is 46.8 Å². The largest absolute Gasteiger partial charge is 0.368 e. The average Bonchev–Trinajstić information content (AvgIpc) is 2.73. The van der Waals surface area contributed by atoms with Crippen molar-refractivity contribution in [2.75, 3.05) is 37.3 Å². The highest BCUT2D eigenvalue weighted by Crippen LogP contribution is 2.20. The number of rotatable bonds is 6. The summed E-state index contributed by atoms with van der Waals surface area (Å²) < 4.78 is 0. The van der Waals surface area contributed by atoms with Crippen molar-refractivity contribution in [2.45, 2.75) is 38.8 Å². The van der Waals surface area contributed by atoms with Crippen molar-refractivity contribution in [3.8, 4) is 0 Å². The molecular weight excluding hydrogens is 384 g/mol. The second kappa shape index (κ2) is 9.39. The van der Waals surface area contributed by atoms with E-state index < -0.39 is 0 Å². The molecule has 1 aromatic carbocycles. The zero-order chi connectivity index (χ0) is 21.0. The first-order valence-electron chi connectivity index (χ1n) is 9.91. The standard InChI is InChI=1S/C22H28N4O2S/c1-15-20(16(2)24-22(23-15)29-4)9-10-21(28)26-13-11-25(12-14-26)19-7-5-18(6-8-19)17(3)27/h5-8H,9-14H2,1-4H3. The van der Waals surface area contributed by atoms with Crippen LogP contribution in [0.25, 0.3) is 0 Å². The molecule has 0 saturated carbocycles. The van der Waals surface area contributed by atoms with Gasteiger partial charge in [-0.3, -0.25) is 9.59 Å². The highest BCUT2D eigenvalue weighted by atomic mass is 32.2. The van der Waals surface area contributed by atoms with E-state index in [4.69, 9.17) is 0 Å². The number of carbonyl (C=O) groups is 2. The van der Waals surface area contributed by atoms with Gasteiger partial charge in [0, 0.05) is 55.2 Å². The summed E-state index contributed by atoms with van der Waals surface area (Å²) in [6.07, 6.45) is 3.13. The number of piperazine rings is 1. The summed E-state index contributed by atoms with van der Waals surface area (Å²) in [5, 5.41) is 0.780. The lowest BCUT2D eigenvalue weighted by Gasteiger charge is -2.36. The monoisotopic (exact) mass is 412 g/mol. The van der Waals surface area contributed by atoms with Crippen LogP contribution in [0.15, 0.2) is 29.4 Å². The molecule has 0 bridgehead atoms. The number of aryl methyl sites for hydroxylation is 2. The van der Waals surface area contributed by atoms with E-state index in [9.17, 15) is 9.59 Å². The molecule has 1 aliphatic rings. The molecule has 7 heteroatoms. The molecule has 1 amide bonds. The van der Waals surface area contributed by atoms with E-state index in [1.54, 1.807) is 6.92 Å². The third-order valence-corrected chi connectivity index (χ3v) is 5.99. The maximum Gasteiger partial charge on any atom is 0.223 e. The number of benzene rings is 1. The van der Waals surface area contributed by atoms with Crippen LogP contribution in [0.3, 0.4) is 0 Å². The van der Waals surface area contributed by atoms with E-state index in [1.807, 2.05) is 49.3 Å². The lowest BCUT2D eigenvalue weighted by Crippen LogP contribution is -2.48. The first-order valence-corrected chi connectivity index (χ1v) is 11.1. The number of anilines is 1. The molecule has 1 fully saturated rings. The Balaban J connectivity index is 1.53. The Hall–Kier alpha value is -2.41. The van der Waals surface area contributed by atoms with Gasteiger partial charge in [-0.15, -0.1) is 0 Å². The van der Waals surface area contributed by atoms with E-state index >= 15 is 0 Å². The number of hydrogen-bond acceptors (Lipinski definition) is 6. The van der Waals surface area contributed by atoms with E-state index in [0.29, 0.717) is 25.9 Å². The summed E-state index contributed by atoms with van der Waals surface area (Å²) >= 11 is 1.53. The maximum absolute atomic E-state index is 12.7. The Morgan fingerprint density at radius 3 is 2.10 bits per heavy atom. The Bertz CT molecular complexity index is 867. The van der Waals surface area contributed by atoms with Crippen LogP contribution >= 0.6 is 11.8 Å².